The van der Waals surface area contributed by atoms with Gasteiger partial charge in [-0.15, -0.1) is 0 Å². The highest BCUT2D eigenvalue weighted by atomic mass is 19.3. The summed E-state index contributed by atoms with van der Waals surface area (Å²) in [5.74, 6) is -2.30. The molecule has 166 valence electrons. The van der Waals surface area contributed by atoms with Gasteiger partial charge in [0.2, 0.25) is 11.8 Å². The summed E-state index contributed by atoms with van der Waals surface area (Å²) in [6, 6.07) is 3.27. The van der Waals surface area contributed by atoms with E-state index in [0.717, 1.165) is 0 Å². The molecule has 0 spiro atoms. The van der Waals surface area contributed by atoms with Crippen LogP contribution in [-0.4, -0.2) is 79.3 Å². The number of hydrogen-bond donors (Lipinski definition) is 3. The number of rotatable bonds is 10. The molecular weight excluding hydrogens is 404 g/mol. The Kier molecular flexibility index (Phi) is 8.93. The normalized spacial score (nSPS) is 16.5. The van der Waals surface area contributed by atoms with E-state index in [0.29, 0.717) is 31.9 Å². The average Bonchev–Trinajstić information content (AvgIpc) is 2.68. The molecule has 0 radical (unpaired) electrons. The largest absolute Gasteiger partial charge is 0.480 e. The van der Waals surface area contributed by atoms with Gasteiger partial charge in [0.05, 0.1) is 19.8 Å². The van der Waals surface area contributed by atoms with Gasteiger partial charge in [-0.25, -0.2) is 4.79 Å². The van der Waals surface area contributed by atoms with Crippen molar-refractivity contribution < 1.29 is 37.7 Å². The van der Waals surface area contributed by atoms with Gasteiger partial charge >= 0.3 is 12.6 Å². The molecule has 1 aromatic rings. The molecule has 11 heteroatoms. The topological polar surface area (TPSA) is 117 Å². The molecule has 30 heavy (non-hydrogen) atoms. The summed E-state index contributed by atoms with van der Waals surface area (Å²) in [6.07, 6.45) is -0.0650. The van der Waals surface area contributed by atoms with Crippen molar-refractivity contribution in [3.05, 3.63) is 29.8 Å². The third-order valence-electron chi connectivity index (χ3n) is 4.44. The molecule has 9 nitrogen and oxygen atoms in total. The number of amides is 2. The van der Waals surface area contributed by atoms with Crippen molar-refractivity contribution in [3.8, 4) is 5.75 Å². The maximum atomic E-state index is 12.3. The van der Waals surface area contributed by atoms with Crippen LogP contribution in [0.15, 0.2) is 24.3 Å². The summed E-state index contributed by atoms with van der Waals surface area (Å²) in [5.41, 5.74) is 0.508. The third-order valence-corrected chi connectivity index (χ3v) is 4.44. The summed E-state index contributed by atoms with van der Waals surface area (Å²) in [5, 5.41) is 14.3. The number of hydrogen-bond acceptors (Lipinski definition) is 6. The number of carbonyl (C=O) groups is 3. The van der Waals surface area contributed by atoms with Gasteiger partial charge < -0.3 is 25.2 Å². The van der Waals surface area contributed by atoms with E-state index in [9.17, 15) is 28.3 Å². The number of aliphatic carboxylic acids is 1. The molecule has 1 aromatic carbocycles. The van der Waals surface area contributed by atoms with Crippen LogP contribution in [0.5, 0.6) is 5.75 Å². The molecule has 1 fully saturated rings. The van der Waals surface area contributed by atoms with Crippen molar-refractivity contribution >= 4 is 17.8 Å². The van der Waals surface area contributed by atoms with Crippen LogP contribution in [0.3, 0.4) is 0 Å². The molecule has 2 atom stereocenters. The molecule has 0 unspecified atom stereocenters. The van der Waals surface area contributed by atoms with E-state index in [1.54, 1.807) is 0 Å². The average molecular weight is 429 g/mol. The van der Waals surface area contributed by atoms with E-state index in [4.69, 9.17) is 4.74 Å². The molecular formula is C19H25F2N3O6. The van der Waals surface area contributed by atoms with Crippen molar-refractivity contribution in [3.63, 3.8) is 0 Å². The minimum Gasteiger partial charge on any atom is -0.480 e. The van der Waals surface area contributed by atoms with Gasteiger partial charge in [-0.1, -0.05) is 12.1 Å². The molecule has 0 aromatic heterocycles. The highest BCUT2D eigenvalue weighted by molar-refractivity contribution is 5.90. The maximum Gasteiger partial charge on any atom is 0.387 e. The lowest BCUT2D eigenvalue weighted by molar-refractivity contribution is -0.142. The number of benzene rings is 1. The van der Waals surface area contributed by atoms with E-state index < -0.39 is 30.6 Å². The van der Waals surface area contributed by atoms with Gasteiger partial charge in [0.15, 0.2) is 0 Å². The number of carboxylic acid groups (broad SMARTS) is 1. The number of alkyl halides is 2. The first-order valence-electron chi connectivity index (χ1n) is 9.41. The summed E-state index contributed by atoms with van der Waals surface area (Å²) >= 11 is 0. The Labute approximate surface area is 172 Å². The van der Waals surface area contributed by atoms with E-state index in [2.05, 4.69) is 15.4 Å². The van der Waals surface area contributed by atoms with Gasteiger partial charge in [-0.3, -0.25) is 14.5 Å². The fourth-order valence-electron chi connectivity index (χ4n) is 2.85. The Morgan fingerprint density at radius 3 is 2.37 bits per heavy atom. The molecule has 1 aliphatic rings. The number of morpholine rings is 1. The Morgan fingerprint density at radius 2 is 1.80 bits per heavy atom. The number of nitrogens with zero attached hydrogens (tertiary/aromatic N) is 1. The highest BCUT2D eigenvalue weighted by Gasteiger charge is 2.25. The van der Waals surface area contributed by atoms with Crippen molar-refractivity contribution in [1.82, 2.24) is 15.5 Å². The Balaban J connectivity index is 1.86. The monoisotopic (exact) mass is 429 g/mol. The van der Waals surface area contributed by atoms with Gasteiger partial charge in [-0.05, 0) is 24.6 Å². The second-order valence-electron chi connectivity index (χ2n) is 6.80. The highest BCUT2D eigenvalue weighted by Crippen LogP contribution is 2.16. The zero-order valence-electron chi connectivity index (χ0n) is 16.5. The lowest BCUT2D eigenvalue weighted by Gasteiger charge is -2.26. The van der Waals surface area contributed by atoms with Gasteiger partial charge in [0.1, 0.15) is 17.8 Å². The first kappa shape index (κ1) is 23.5. The third kappa shape index (κ3) is 7.91. The van der Waals surface area contributed by atoms with Gasteiger partial charge in [0, 0.05) is 19.5 Å². The fourth-order valence-corrected chi connectivity index (χ4v) is 2.85. The van der Waals surface area contributed by atoms with Crippen LogP contribution in [-0.2, 0) is 25.5 Å². The zero-order chi connectivity index (χ0) is 22.1. The Bertz CT molecular complexity index is 725. The predicted octanol–water partition coefficient (Wildman–Crippen LogP) is 0.237. The van der Waals surface area contributed by atoms with Crippen LogP contribution in [0.1, 0.15) is 12.5 Å². The van der Waals surface area contributed by atoms with Crippen molar-refractivity contribution in [1.29, 1.82) is 0 Å². The number of carboxylic acids is 1. The zero-order valence-corrected chi connectivity index (χ0v) is 16.5. The van der Waals surface area contributed by atoms with Crippen LogP contribution in [0, 0.1) is 0 Å². The van der Waals surface area contributed by atoms with Crippen LogP contribution in [0.4, 0.5) is 8.78 Å². The summed E-state index contributed by atoms with van der Waals surface area (Å²) in [7, 11) is 0. The second-order valence-corrected chi connectivity index (χ2v) is 6.80. The van der Waals surface area contributed by atoms with Crippen molar-refractivity contribution in [2.45, 2.75) is 32.0 Å². The molecule has 1 heterocycles. The molecule has 1 saturated heterocycles. The lowest BCUT2D eigenvalue weighted by atomic mass is 10.1. The van der Waals surface area contributed by atoms with Gasteiger partial charge in [0.25, 0.3) is 0 Å². The minimum atomic E-state index is -2.96. The standard InChI is InChI=1S/C19H25F2N3O6/c1-12(22-16(25)11-24-6-8-29-9-7-24)17(26)23-15(18(27)28)10-13-2-4-14(5-3-13)30-19(20)21/h2-5,12,15,19H,6-11H2,1H3,(H,22,25)(H,23,26)(H,27,28)/t12-,15-/m0/s1. The van der Waals surface area contributed by atoms with Gasteiger partial charge in [-0.2, -0.15) is 8.78 Å². The van der Waals surface area contributed by atoms with E-state index in [-0.39, 0.29) is 24.6 Å². The first-order chi connectivity index (χ1) is 14.2. The second kappa shape index (κ2) is 11.4. The fraction of sp³-hybridized carbons (Fsp3) is 0.526. The SMILES string of the molecule is C[C@H](NC(=O)CN1CCOCC1)C(=O)N[C@@H](Cc1ccc(OC(F)F)cc1)C(=O)O. The number of carbonyl (C=O) groups excluding carboxylic acids is 2. The molecule has 0 bridgehead atoms. The smallest absolute Gasteiger partial charge is 0.387 e. The Hall–Kier alpha value is -2.79. The van der Waals surface area contributed by atoms with Crippen LogP contribution in [0.2, 0.25) is 0 Å². The molecule has 2 amide bonds. The summed E-state index contributed by atoms with van der Waals surface area (Å²) in [4.78, 5) is 37.8. The minimum absolute atomic E-state index is 0.0544. The number of nitrogens with one attached hydrogen (secondary N) is 2. The summed E-state index contributed by atoms with van der Waals surface area (Å²) < 4.78 is 33.8. The van der Waals surface area contributed by atoms with Crippen molar-refractivity contribution in [2.24, 2.45) is 0 Å². The molecule has 3 N–H and O–H groups in total. The van der Waals surface area contributed by atoms with Crippen LogP contribution in [0.25, 0.3) is 0 Å². The lowest BCUT2D eigenvalue weighted by Crippen LogP contribution is -2.53. The molecule has 1 aliphatic heterocycles. The van der Waals surface area contributed by atoms with Crippen LogP contribution < -0.4 is 15.4 Å². The molecule has 0 aliphatic carbocycles. The van der Waals surface area contributed by atoms with E-state index >= 15 is 0 Å². The maximum absolute atomic E-state index is 12.3. The van der Waals surface area contributed by atoms with E-state index in [1.807, 2.05) is 4.90 Å². The molecule has 0 saturated carbocycles. The predicted molar refractivity (Wildman–Crippen MR) is 101 cm³/mol. The quantitative estimate of drug-likeness (QED) is 0.488. The Morgan fingerprint density at radius 1 is 1.17 bits per heavy atom. The number of halogens is 2. The molecule has 2 rings (SSSR count). The van der Waals surface area contributed by atoms with Crippen molar-refractivity contribution in [2.75, 3.05) is 32.8 Å². The first-order valence-corrected chi connectivity index (χ1v) is 9.41. The van der Waals surface area contributed by atoms with E-state index in [1.165, 1.54) is 31.2 Å². The van der Waals surface area contributed by atoms with Crippen LogP contribution >= 0.6 is 0 Å². The number of ether oxygens (including phenoxy) is 2. The summed E-state index contributed by atoms with van der Waals surface area (Å²) in [6.45, 7) is 0.949.